The first-order valence-electron chi connectivity index (χ1n) is 5.96. The van der Waals surface area contributed by atoms with E-state index >= 15 is 0 Å². The zero-order valence-corrected chi connectivity index (χ0v) is 10.8. The SMILES string of the molecule is CC(=O)c1ccc(OC(=O)c2cccc(C)c2)cc1. The predicted molar refractivity (Wildman–Crippen MR) is 72.6 cm³/mol. The van der Waals surface area contributed by atoms with Gasteiger partial charge in [-0.15, -0.1) is 0 Å². The Balaban J connectivity index is 2.13. The molecule has 0 radical (unpaired) electrons. The molecule has 2 aromatic rings. The van der Waals surface area contributed by atoms with Crippen LogP contribution in [-0.4, -0.2) is 11.8 Å². The number of benzene rings is 2. The maximum Gasteiger partial charge on any atom is 0.343 e. The Morgan fingerprint density at radius 2 is 1.63 bits per heavy atom. The van der Waals surface area contributed by atoms with E-state index in [1.54, 1.807) is 36.4 Å². The second-order valence-corrected chi connectivity index (χ2v) is 4.34. The zero-order chi connectivity index (χ0) is 13.8. The van der Waals surface area contributed by atoms with E-state index in [9.17, 15) is 9.59 Å². The predicted octanol–water partition coefficient (Wildman–Crippen LogP) is 3.42. The second-order valence-electron chi connectivity index (χ2n) is 4.34. The molecule has 0 saturated carbocycles. The quantitative estimate of drug-likeness (QED) is 0.479. The maximum atomic E-state index is 11.9. The largest absolute Gasteiger partial charge is 0.423 e. The maximum absolute atomic E-state index is 11.9. The van der Waals surface area contributed by atoms with Crippen molar-refractivity contribution in [3.05, 3.63) is 65.2 Å². The van der Waals surface area contributed by atoms with Crippen LogP contribution in [0.3, 0.4) is 0 Å². The third-order valence-corrected chi connectivity index (χ3v) is 2.73. The first-order chi connectivity index (χ1) is 9.06. The van der Waals surface area contributed by atoms with Crippen molar-refractivity contribution in [1.29, 1.82) is 0 Å². The molecule has 2 rings (SSSR count). The van der Waals surface area contributed by atoms with E-state index in [-0.39, 0.29) is 5.78 Å². The fourth-order valence-electron chi connectivity index (χ4n) is 1.70. The topological polar surface area (TPSA) is 43.4 Å². The molecular weight excluding hydrogens is 240 g/mol. The third kappa shape index (κ3) is 3.28. The minimum Gasteiger partial charge on any atom is -0.423 e. The van der Waals surface area contributed by atoms with Gasteiger partial charge in [-0.1, -0.05) is 17.7 Å². The van der Waals surface area contributed by atoms with E-state index in [4.69, 9.17) is 4.74 Å². The van der Waals surface area contributed by atoms with Gasteiger partial charge in [0.2, 0.25) is 0 Å². The van der Waals surface area contributed by atoms with Gasteiger partial charge in [0.05, 0.1) is 5.56 Å². The van der Waals surface area contributed by atoms with Crippen LogP contribution in [0.25, 0.3) is 0 Å². The highest BCUT2D eigenvalue weighted by Gasteiger charge is 2.08. The van der Waals surface area contributed by atoms with Crippen LogP contribution in [0.5, 0.6) is 5.75 Å². The fraction of sp³-hybridized carbons (Fsp3) is 0.125. The van der Waals surface area contributed by atoms with Crippen LogP contribution in [0.4, 0.5) is 0 Å². The third-order valence-electron chi connectivity index (χ3n) is 2.73. The smallest absolute Gasteiger partial charge is 0.343 e. The lowest BCUT2D eigenvalue weighted by molar-refractivity contribution is 0.0734. The molecule has 0 aromatic heterocycles. The van der Waals surface area contributed by atoms with E-state index < -0.39 is 5.97 Å². The molecule has 2 aromatic carbocycles. The highest BCUT2D eigenvalue weighted by Crippen LogP contribution is 2.15. The number of esters is 1. The van der Waals surface area contributed by atoms with E-state index in [0.29, 0.717) is 16.9 Å². The molecule has 0 heterocycles. The molecule has 3 heteroatoms. The van der Waals surface area contributed by atoms with Gasteiger partial charge in [0.15, 0.2) is 5.78 Å². The molecule has 0 spiro atoms. The lowest BCUT2D eigenvalue weighted by atomic mass is 10.1. The molecule has 0 bridgehead atoms. The van der Waals surface area contributed by atoms with Crippen molar-refractivity contribution < 1.29 is 14.3 Å². The van der Waals surface area contributed by atoms with Gasteiger partial charge in [-0.3, -0.25) is 4.79 Å². The van der Waals surface area contributed by atoms with Crippen molar-refractivity contribution in [2.45, 2.75) is 13.8 Å². The summed E-state index contributed by atoms with van der Waals surface area (Å²) < 4.78 is 5.24. The van der Waals surface area contributed by atoms with Crippen molar-refractivity contribution in [2.75, 3.05) is 0 Å². The summed E-state index contributed by atoms with van der Waals surface area (Å²) in [6, 6.07) is 13.7. The Hall–Kier alpha value is -2.42. The molecule has 0 atom stereocenters. The van der Waals surface area contributed by atoms with Gasteiger partial charge in [0.25, 0.3) is 0 Å². The fourth-order valence-corrected chi connectivity index (χ4v) is 1.70. The van der Waals surface area contributed by atoms with Gasteiger partial charge in [-0.05, 0) is 50.2 Å². The molecule has 19 heavy (non-hydrogen) atoms. The van der Waals surface area contributed by atoms with Crippen LogP contribution in [0.2, 0.25) is 0 Å². The summed E-state index contributed by atoms with van der Waals surface area (Å²) in [6.45, 7) is 3.41. The minimum absolute atomic E-state index is 0.0171. The van der Waals surface area contributed by atoms with Crippen LogP contribution in [-0.2, 0) is 0 Å². The summed E-state index contributed by atoms with van der Waals surface area (Å²) in [5, 5.41) is 0. The van der Waals surface area contributed by atoms with Crippen LogP contribution in [0.15, 0.2) is 48.5 Å². The van der Waals surface area contributed by atoms with Gasteiger partial charge in [-0.2, -0.15) is 0 Å². The number of hydrogen-bond acceptors (Lipinski definition) is 3. The Kier molecular flexibility index (Phi) is 3.76. The number of carbonyl (C=O) groups is 2. The number of aryl methyl sites for hydroxylation is 1. The summed E-state index contributed by atoms with van der Waals surface area (Å²) in [6.07, 6.45) is 0. The van der Waals surface area contributed by atoms with Crippen molar-refractivity contribution in [3.63, 3.8) is 0 Å². The van der Waals surface area contributed by atoms with Crippen LogP contribution < -0.4 is 4.74 Å². The summed E-state index contributed by atoms with van der Waals surface area (Å²) in [5.74, 6) is 0.00680. The highest BCUT2D eigenvalue weighted by atomic mass is 16.5. The molecule has 0 fully saturated rings. The monoisotopic (exact) mass is 254 g/mol. The lowest BCUT2D eigenvalue weighted by Crippen LogP contribution is -2.08. The van der Waals surface area contributed by atoms with Gasteiger partial charge >= 0.3 is 5.97 Å². The summed E-state index contributed by atoms with van der Waals surface area (Å²) in [5.41, 5.74) is 2.10. The molecule has 0 aliphatic carbocycles. The normalized spacial score (nSPS) is 10.0. The average molecular weight is 254 g/mol. The summed E-state index contributed by atoms with van der Waals surface area (Å²) >= 11 is 0. The van der Waals surface area contributed by atoms with Gasteiger partial charge in [0.1, 0.15) is 5.75 Å². The number of ether oxygens (including phenoxy) is 1. The lowest BCUT2D eigenvalue weighted by Gasteiger charge is -2.05. The van der Waals surface area contributed by atoms with Crippen molar-refractivity contribution in [2.24, 2.45) is 0 Å². The van der Waals surface area contributed by atoms with Crippen molar-refractivity contribution in [1.82, 2.24) is 0 Å². The molecule has 0 aliphatic rings. The molecule has 0 unspecified atom stereocenters. The minimum atomic E-state index is -0.403. The number of Topliss-reactive ketones (excluding diaryl/α,β-unsaturated/α-hetero) is 1. The molecule has 96 valence electrons. The molecule has 0 amide bonds. The Labute approximate surface area is 111 Å². The van der Waals surface area contributed by atoms with Gasteiger partial charge in [-0.25, -0.2) is 4.79 Å². The number of hydrogen-bond donors (Lipinski definition) is 0. The first-order valence-corrected chi connectivity index (χ1v) is 5.96. The summed E-state index contributed by atoms with van der Waals surface area (Å²) in [4.78, 5) is 23.0. The molecular formula is C16H14O3. The average Bonchev–Trinajstić information content (AvgIpc) is 2.39. The molecule has 3 nitrogen and oxygen atoms in total. The highest BCUT2D eigenvalue weighted by molar-refractivity contribution is 5.94. The Bertz CT molecular complexity index is 612. The second kappa shape index (κ2) is 5.48. The molecule has 0 aliphatic heterocycles. The van der Waals surface area contributed by atoms with Crippen molar-refractivity contribution in [3.8, 4) is 5.75 Å². The van der Waals surface area contributed by atoms with Crippen LogP contribution >= 0.6 is 0 Å². The Morgan fingerprint density at radius 1 is 0.947 bits per heavy atom. The van der Waals surface area contributed by atoms with E-state index in [0.717, 1.165) is 5.56 Å². The number of rotatable bonds is 3. The molecule has 0 N–H and O–H groups in total. The first kappa shape index (κ1) is 13.0. The van der Waals surface area contributed by atoms with Gasteiger partial charge in [0, 0.05) is 5.56 Å². The standard InChI is InChI=1S/C16H14O3/c1-11-4-3-5-14(10-11)16(18)19-15-8-6-13(7-9-15)12(2)17/h3-10H,1-2H3. The van der Waals surface area contributed by atoms with E-state index in [1.165, 1.54) is 6.92 Å². The van der Waals surface area contributed by atoms with Gasteiger partial charge < -0.3 is 4.74 Å². The van der Waals surface area contributed by atoms with Crippen LogP contribution in [0, 0.1) is 6.92 Å². The molecule has 0 saturated heterocycles. The number of ketones is 1. The van der Waals surface area contributed by atoms with E-state index in [1.807, 2.05) is 19.1 Å². The summed E-state index contributed by atoms with van der Waals surface area (Å²) in [7, 11) is 0. The Morgan fingerprint density at radius 3 is 2.21 bits per heavy atom. The zero-order valence-electron chi connectivity index (χ0n) is 10.8. The van der Waals surface area contributed by atoms with E-state index in [2.05, 4.69) is 0 Å². The van der Waals surface area contributed by atoms with Crippen molar-refractivity contribution >= 4 is 11.8 Å². The number of carbonyl (C=O) groups excluding carboxylic acids is 2. The van der Waals surface area contributed by atoms with Crippen LogP contribution in [0.1, 0.15) is 33.2 Å².